The van der Waals surface area contributed by atoms with Gasteiger partial charge in [0.05, 0.1) is 12.7 Å². The molecule has 1 aromatic heterocycles. The van der Waals surface area contributed by atoms with E-state index in [1.54, 1.807) is 24.4 Å². The molecule has 0 bridgehead atoms. The highest BCUT2D eigenvalue weighted by molar-refractivity contribution is 6.31. The van der Waals surface area contributed by atoms with Crippen LogP contribution in [0.3, 0.4) is 0 Å². The molecule has 0 atom stereocenters. The number of hydrogen-bond acceptors (Lipinski definition) is 6. The number of nitrogens with two attached hydrogens (primary N) is 1. The number of rotatable bonds is 8. The van der Waals surface area contributed by atoms with Crippen LogP contribution in [0.25, 0.3) is 11.1 Å². The maximum Gasteiger partial charge on any atom is 0.385 e. The van der Waals surface area contributed by atoms with Crippen LogP contribution in [-0.2, 0) is 11.6 Å². The van der Waals surface area contributed by atoms with E-state index in [-0.39, 0.29) is 18.3 Å². The highest BCUT2D eigenvalue weighted by atomic mass is 35.5. The quantitative estimate of drug-likeness (QED) is 0.171. The molecule has 34 heavy (non-hydrogen) atoms. The van der Waals surface area contributed by atoms with Crippen LogP contribution >= 0.6 is 11.6 Å². The van der Waals surface area contributed by atoms with Gasteiger partial charge in [0.2, 0.25) is 0 Å². The lowest BCUT2D eigenvalue weighted by Crippen LogP contribution is -2.16. The molecule has 4 aromatic rings. The van der Waals surface area contributed by atoms with Gasteiger partial charge >= 0.3 is 5.97 Å². The molecule has 0 fully saturated rings. The molecule has 3 aromatic carbocycles. The van der Waals surface area contributed by atoms with Crippen molar-refractivity contribution in [3.8, 4) is 22.6 Å². The Kier molecular flexibility index (Phi) is 7.10. The molecule has 0 aliphatic heterocycles. The Bertz CT molecular complexity index is 1300. The molecule has 2 N–H and O–H groups in total. The van der Waals surface area contributed by atoms with Gasteiger partial charge in [-0.2, -0.15) is 5.10 Å². The number of aromatic nitrogens is 2. The number of nitrogens with zero attached hydrogens (tertiary/aromatic N) is 3. The Morgan fingerprint density at radius 1 is 1.03 bits per heavy atom. The molecule has 0 aliphatic rings. The molecule has 1 heterocycles. The number of oxime groups is 1. The first-order valence-electron chi connectivity index (χ1n) is 10.2. The zero-order valence-corrected chi connectivity index (χ0v) is 19.0. The number of ether oxygens (including phenoxy) is 2. The molecule has 0 amide bonds. The molecule has 0 saturated heterocycles. The number of carbonyl (C=O) groups is 1. The molecule has 0 aliphatic carbocycles. The molecule has 4 rings (SSSR count). The second kappa shape index (κ2) is 10.5. The van der Waals surface area contributed by atoms with Crippen molar-refractivity contribution in [2.45, 2.75) is 6.73 Å². The molecular weight excluding hydrogens is 456 g/mol. The van der Waals surface area contributed by atoms with Crippen molar-refractivity contribution in [2.75, 3.05) is 7.11 Å². The zero-order chi connectivity index (χ0) is 23.9. The van der Waals surface area contributed by atoms with Gasteiger partial charge in [0, 0.05) is 11.2 Å². The third-order valence-corrected chi connectivity index (χ3v) is 5.07. The summed E-state index contributed by atoms with van der Waals surface area (Å²) in [7, 11) is 1.48. The highest BCUT2D eigenvalue weighted by Crippen LogP contribution is 2.23. The number of amidine groups is 1. The SMILES string of the molecule is COc1ccc(Cl)cc1/C(N)=N/OC(=O)c1ccn(COc2ccc(-c3ccccc3)cc2)n1. The molecule has 9 heteroatoms. The maximum atomic E-state index is 12.3. The topological polar surface area (TPSA) is 101 Å². The molecule has 0 radical (unpaired) electrons. The van der Waals surface area contributed by atoms with Gasteiger partial charge in [-0.25, -0.2) is 9.48 Å². The number of benzene rings is 3. The number of hydrogen-bond donors (Lipinski definition) is 1. The van der Waals surface area contributed by atoms with E-state index >= 15 is 0 Å². The zero-order valence-electron chi connectivity index (χ0n) is 18.2. The maximum absolute atomic E-state index is 12.3. The van der Waals surface area contributed by atoms with Gasteiger partial charge in [0.1, 0.15) is 11.5 Å². The van der Waals surface area contributed by atoms with Gasteiger partial charge in [0.25, 0.3) is 0 Å². The first kappa shape index (κ1) is 22.9. The summed E-state index contributed by atoms with van der Waals surface area (Å²) in [6, 6.07) is 24.1. The Labute approximate surface area is 201 Å². The fraction of sp³-hybridized carbons (Fsp3) is 0.0800. The fourth-order valence-electron chi connectivity index (χ4n) is 3.12. The Morgan fingerprint density at radius 2 is 1.76 bits per heavy atom. The summed E-state index contributed by atoms with van der Waals surface area (Å²) in [5.41, 5.74) is 8.59. The lowest BCUT2D eigenvalue weighted by molar-refractivity contribution is 0.0507. The van der Waals surface area contributed by atoms with Crippen LogP contribution in [0.15, 0.2) is 90.2 Å². The minimum absolute atomic E-state index is 0.0534. The van der Waals surface area contributed by atoms with E-state index < -0.39 is 5.97 Å². The van der Waals surface area contributed by atoms with Crippen molar-refractivity contribution in [3.05, 3.63) is 101 Å². The normalized spacial score (nSPS) is 11.2. The molecule has 0 spiro atoms. The summed E-state index contributed by atoms with van der Waals surface area (Å²) in [6.45, 7) is 0.114. The van der Waals surface area contributed by atoms with E-state index in [1.807, 2.05) is 54.6 Å². The van der Waals surface area contributed by atoms with Crippen LogP contribution in [0.2, 0.25) is 5.02 Å². The van der Waals surface area contributed by atoms with Gasteiger partial charge in [-0.1, -0.05) is 59.2 Å². The third-order valence-electron chi connectivity index (χ3n) is 4.84. The summed E-state index contributed by atoms with van der Waals surface area (Å²) in [5, 5.41) is 8.27. The van der Waals surface area contributed by atoms with E-state index in [0.29, 0.717) is 22.1 Å². The molecule has 172 valence electrons. The second-order valence-electron chi connectivity index (χ2n) is 7.10. The van der Waals surface area contributed by atoms with Crippen LogP contribution in [0.5, 0.6) is 11.5 Å². The molecule has 8 nitrogen and oxygen atoms in total. The lowest BCUT2D eigenvalue weighted by Gasteiger charge is -2.08. The number of carbonyl (C=O) groups excluding carboxylic acids is 1. The third kappa shape index (κ3) is 5.54. The molecular formula is C25H21ClN4O4. The van der Waals surface area contributed by atoms with Crippen molar-refractivity contribution in [3.63, 3.8) is 0 Å². The van der Waals surface area contributed by atoms with Crippen LogP contribution in [0, 0.1) is 0 Å². The van der Waals surface area contributed by atoms with Gasteiger partial charge in [-0.15, -0.1) is 0 Å². The van der Waals surface area contributed by atoms with Crippen molar-refractivity contribution < 1.29 is 19.1 Å². The van der Waals surface area contributed by atoms with Crippen LogP contribution in [0.4, 0.5) is 0 Å². The monoisotopic (exact) mass is 476 g/mol. The van der Waals surface area contributed by atoms with Crippen molar-refractivity contribution >= 4 is 23.4 Å². The predicted molar refractivity (Wildman–Crippen MR) is 129 cm³/mol. The van der Waals surface area contributed by atoms with Gasteiger partial charge in [-0.05, 0) is 47.5 Å². The largest absolute Gasteiger partial charge is 0.496 e. The summed E-state index contributed by atoms with van der Waals surface area (Å²) in [5.74, 6) is 0.288. The number of halogens is 1. The van der Waals surface area contributed by atoms with Gasteiger partial charge in [-0.3, -0.25) is 0 Å². The molecule has 0 saturated carbocycles. The first-order valence-corrected chi connectivity index (χ1v) is 10.6. The van der Waals surface area contributed by atoms with E-state index in [0.717, 1.165) is 11.1 Å². The predicted octanol–water partition coefficient (Wildman–Crippen LogP) is 4.73. The van der Waals surface area contributed by atoms with E-state index in [1.165, 1.54) is 17.9 Å². The highest BCUT2D eigenvalue weighted by Gasteiger charge is 2.14. The van der Waals surface area contributed by atoms with Crippen LogP contribution in [-0.4, -0.2) is 28.7 Å². The number of methoxy groups -OCH3 is 1. The van der Waals surface area contributed by atoms with E-state index in [9.17, 15) is 4.79 Å². The average molecular weight is 477 g/mol. The fourth-order valence-corrected chi connectivity index (χ4v) is 3.30. The van der Waals surface area contributed by atoms with Crippen LogP contribution in [0.1, 0.15) is 16.1 Å². The summed E-state index contributed by atoms with van der Waals surface area (Å²) < 4.78 is 12.4. The van der Waals surface area contributed by atoms with Crippen LogP contribution < -0.4 is 15.2 Å². The smallest absolute Gasteiger partial charge is 0.385 e. The second-order valence-corrected chi connectivity index (χ2v) is 7.54. The Balaban J connectivity index is 1.34. The van der Waals surface area contributed by atoms with E-state index in [4.69, 9.17) is 31.6 Å². The minimum atomic E-state index is -0.769. The summed E-state index contributed by atoms with van der Waals surface area (Å²) >= 11 is 5.99. The Hall–Kier alpha value is -4.30. The lowest BCUT2D eigenvalue weighted by atomic mass is 10.1. The van der Waals surface area contributed by atoms with Crippen molar-refractivity contribution in [1.29, 1.82) is 0 Å². The van der Waals surface area contributed by atoms with Gasteiger partial charge < -0.3 is 20.0 Å². The van der Waals surface area contributed by atoms with E-state index in [2.05, 4.69) is 10.3 Å². The van der Waals surface area contributed by atoms with Crippen molar-refractivity contribution in [1.82, 2.24) is 9.78 Å². The Morgan fingerprint density at radius 3 is 2.50 bits per heavy atom. The summed E-state index contributed by atoms with van der Waals surface area (Å²) in [6.07, 6.45) is 1.60. The first-order chi connectivity index (χ1) is 16.5. The summed E-state index contributed by atoms with van der Waals surface area (Å²) in [4.78, 5) is 17.2. The standard InChI is InChI=1S/C25H21ClN4O4/c1-32-23-12-9-19(26)15-21(23)24(27)29-34-25(31)22-13-14-30(28-22)16-33-20-10-7-18(8-11-20)17-5-3-2-4-6-17/h2-15H,16H2,1H3,(H2,27,29). The molecule has 0 unspecified atom stereocenters. The minimum Gasteiger partial charge on any atom is -0.496 e. The van der Waals surface area contributed by atoms with Gasteiger partial charge in [0.15, 0.2) is 18.3 Å². The average Bonchev–Trinajstić information content (AvgIpc) is 3.36. The van der Waals surface area contributed by atoms with Crippen molar-refractivity contribution in [2.24, 2.45) is 10.9 Å².